The summed E-state index contributed by atoms with van der Waals surface area (Å²) in [6.45, 7) is 16.5. The SMILES string of the molecule is CCC(C)C(O)CN(CCC(C)C)CCC(C)C. The summed E-state index contributed by atoms with van der Waals surface area (Å²) < 4.78 is 0. The maximum atomic E-state index is 10.2. The smallest absolute Gasteiger partial charge is 0.0692 e. The highest BCUT2D eigenvalue weighted by molar-refractivity contribution is 4.70. The summed E-state index contributed by atoms with van der Waals surface area (Å²) in [5.41, 5.74) is 0. The molecule has 0 amide bonds. The first-order valence-electron chi connectivity index (χ1n) is 7.77. The van der Waals surface area contributed by atoms with Crippen molar-refractivity contribution in [3.05, 3.63) is 0 Å². The van der Waals surface area contributed by atoms with E-state index >= 15 is 0 Å². The van der Waals surface area contributed by atoms with Gasteiger partial charge in [-0.1, -0.05) is 48.0 Å². The minimum atomic E-state index is -0.172. The van der Waals surface area contributed by atoms with Crippen LogP contribution in [0.25, 0.3) is 0 Å². The van der Waals surface area contributed by atoms with Gasteiger partial charge in [-0.15, -0.1) is 0 Å². The van der Waals surface area contributed by atoms with Gasteiger partial charge in [0.2, 0.25) is 0 Å². The van der Waals surface area contributed by atoms with E-state index < -0.39 is 0 Å². The van der Waals surface area contributed by atoms with E-state index in [-0.39, 0.29) is 6.10 Å². The molecule has 2 heteroatoms. The van der Waals surface area contributed by atoms with Crippen LogP contribution >= 0.6 is 0 Å². The van der Waals surface area contributed by atoms with Gasteiger partial charge in [0.1, 0.15) is 0 Å². The Kier molecular flexibility index (Phi) is 9.76. The topological polar surface area (TPSA) is 23.5 Å². The van der Waals surface area contributed by atoms with Gasteiger partial charge in [0, 0.05) is 6.54 Å². The molecule has 0 rings (SSSR count). The Morgan fingerprint density at radius 1 is 0.889 bits per heavy atom. The van der Waals surface area contributed by atoms with Gasteiger partial charge in [0.15, 0.2) is 0 Å². The second-order valence-corrected chi connectivity index (χ2v) is 6.62. The molecule has 0 aliphatic carbocycles. The van der Waals surface area contributed by atoms with Crippen molar-refractivity contribution >= 4 is 0 Å². The van der Waals surface area contributed by atoms with Gasteiger partial charge in [0.25, 0.3) is 0 Å². The summed E-state index contributed by atoms with van der Waals surface area (Å²) in [6.07, 6.45) is 3.34. The van der Waals surface area contributed by atoms with E-state index in [1.165, 1.54) is 12.8 Å². The van der Waals surface area contributed by atoms with Crippen LogP contribution in [0, 0.1) is 17.8 Å². The van der Waals surface area contributed by atoms with E-state index in [4.69, 9.17) is 0 Å². The van der Waals surface area contributed by atoms with E-state index in [9.17, 15) is 5.11 Å². The van der Waals surface area contributed by atoms with Crippen LogP contribution in [-0.4, -0.2) is 35.7 Å². The van der Waals surface area contributed by atoms with Crippen LogP contribution in [0.5, 0.6) is 0 Å². The van der Waals surface area contributed by atoms with Crippen LogP contribution in [0.2, 0.25) is 0 Å². The monoisotopic (exact) mass is 257 g/mol. The molecule has 0 bridgehead atoms. The molecule has 0 saturated carbocycles. The summed E-state index contributed by atoms with van der Waals surface area (Å²) in [7, 11) is 0. The van der Waals surface area contributed by atoms with Gasteiger partial charge in [-0.05, 0) is 43.7 Å². The predicted octanol–water partition coefficient (Wildman–Crippen LogP) is 3.79. The van der Waals surface area contributed by atoms with Crippen molar-refractivity contribution in [2.75, 3.05) is 19.6 Å². The average Bonchev–Trinajstić information content (AvgIpc) is 2.30. The Hall–Kier alpha value is -0.0800. The fourth-order valence-electron chi connectivity index (χ4n) is 1.89. The fourth-order valence-corrected chi connectivity index (χ4v) is 1.89. The quantitative estimate of drug-likeness (QED) is 0.643. The highest BCUT2D eigenvalue weighted by Crippen LogP contribution is 2.12. The number of aliphatic hydroxyl groups excluding tert-OH is 1. The zero-order chi connectivity index (χ0) is 14.1. The molecule has 0 heterocycles. The van der Waals surface area contributed by atoms with E-state index in [0.717, 1.165) is 37.9 Å². The molecule has 0 spiro atoms. The summed E-state index contributed by atoms with van der Waals surface area (Å²) in [5, 5.41) is 10.2. The highest BCUT2D eigenvalue weighted by atomic mass is 16.3. The number of hydrogen-bond acceptors (Lipinski definition) is 2. The van der Waals surface area contributed by atoms with E-state index in [1.807, 2.05) is 0 Å². The van der Waals surface area contributed by atoms with Gasteiger partial charge < -0.3 is 10.0 Å². The minimum absolute atomic E-state index is 0.172. The van der Waals surface area contributed by atoms with Gasteiger partial charge in [-0.2, -0.15) is 0 Å². The van der Waals surface area contributed by atoms with Crippen LogP contribution in [0.15, 0.2) is 0 Å². The fraction of sp³-hybridized carbons (Fsp3) is 1.00. The summed E-state index contributed by atoms with van der Waals surface area (Å²) >= 11 is 0. The first-order valence-corrected chi connectivity index (χ1v) is 7.77. The zero-order valence-corrected chi connectivity index (χ0v) is 13.4. The third-order valence-electron chi connectivity index (χ3n) is 3.79. The molecule has 0 aliphatic rings. The van der Waals surface area contributed by atoms with Crippen molar-refractivity contribution < 1.29 is 5.11 Å². The molecule has 110 valence electrons. The average molecular weight is 257 g/mol. The molecular weight excluding hydrogens is 222 g/mol. The molecule has 0 aromatic carbocycles. The second kappa shape index (κ2) is 9.80. The van der Waals surface area contributed by atoms with Gasteiger partial charge >= 0.3 is 0 Å². The summed E-state index contributed by atoms with van der Waals surface area (Å²) in [6, 6.07) is 0. The minimum Gasteiger partial charge on any atom is -0.392 e. The first kappa shape index (κ1) is 17.9. The molecule has 0 saturated heterocycles. The third kappa shape index (κ3) is 8.93. The molecule has 0 aliphatic heterocycles. The number of hydrogen-bond donors (Lipinski definition) is 1. The third-order valence-corrected chi connectivity index (χ3v) is 3.79. The number of aliphatic hydroxyl groups is 1. The molecule has 2 atom stereocenters. The maximum absolute atomic E-state index is 10.2. The van der Waals surface area contributed by atoms with E-state index in [0.29, 0.717) is 5.92 Å². The molecule has 1 N–H and O–H groups in total. The lowest BCUT2D eigenvalue weighted by molar-refractivity contribution is 0.0648. The van der Waals surface area contributed by atoms with Gasteiger partial charge in [-0.3, -0.25) is 0 Å². The maximum Gasteiger partial charge on any atom is 0.0692 e. The molecule has 2 unspecified atom stereocenters. The zero-order valence-electron chi connectivity index (χ0n) is 13.4. The standard InChI is InChI=1S/C16H35NO/c1-7-15(6)16(18)12-17(10-8-13(2)3)11-9-14(4)5/h13-16,18H,7-12H2,1-6H3. The van der Waals surface area contributed by atoms with E-state index in [1.54, 1.807) is 0 Å². The number of nitrogens with zero attached hydrogens (tertiary/aromatic N) is 1. The highest BCUT2D eigenvalue weighted by Gasteiger charge is 2.17. The summed E-state index contributed by atoms with van der Waals surface area (Å²) in [4.78, 5) is 2.46. The molecule has 2 nitrogen and oxygen atoms in total. The van der Waals surface area contributed by atoms with Crippen LogP contribution < -0.4 is 0 Å². The van der Waals surface area contributed by atoms with Crippen LogP contribution in [0.4, 0.5) is 0 Å². The van der Waals surface area contributed by atoms with Crippen molar-refractivity contribution in [2.45, 2.75) is 66.9 Å². The van der Waals surface area contributed by atoms with Crippen molar-refractivity contribution in [1.29, 1.82) is 0 Å². The lowest BCUT2D eigenvalue weighted by Crippen LogP contribution is -2.37. The van der Waals surface area contributed by atoms with Crippen LogP contribution in [0.3, 0.4) is 0 Å². The normalized spacial score (nSPS) is 15.7. The Labute approximate surface area is 115 Å². The van der Waals surface area contributed by atoms with Crippen molar-refractivity contribution in [3.8, 4) is 0 Å². The van der Waals surface area contributed by atoms with Gasteiger partial charge in [0.05, 0.1) is 6.10 Å². The lowest BCUT2D eigenvalue weighted by atomic mass is 10.0. The van der Waals surface area contributed by atoms with Crippen molar-refractivity contribution in [2.24, 2.45) is 17.8 Å². The van der Waals surface area contributed by atoms with E-state index in [2.05, 4.69) is 46.4 Å². The Morgan fingerprint density at radius 2 is 1.33 bits per heavy atom. The first-order chi connectivity index (χ1) is 8.36. The number of rotatable bonds is 10. The largest absolute Gasteiger partial charge is 0.392 e. The predicted molar refractivity (Wildman–Crippen MR) is 80.8 cm³/mol. The lowest BCUT2D eigenvalue weighted by Gasteiger charge is -2.28. The Balaban J connectivity index is 4.18. The van der Waals surface area contributed by atoms with Crippen molar-refractivity contribution in [3.63, 3.8) is 0 Å². The molecule has 0 fully saturated rings. The molecule has 18 heavy (non-hydrogen) atoms. The molecule has 0 aromatic rings. The van der Waals surface area contributed by atoms with Crippen LogP contribution in [0.1, 0.15) is 60.8 Å². The molecule has 0 radical (unpaired) electrons. The summed E-state index contributed by atoms with van der Waals surface area (Å²) in [5.74, 6) is 1.89. The van der Waals surface area contributed by atoms with Crippen molar-refractivity contribution in [1.82, 2.24) is 4.90 Å². The Bertz CT molecular complexity index is 180. The van der Waals surface area contributed by atoms with Gasteiger partial charge in [-0.25, -0.2) is 0 Å². The second-order valence-electron chi connectivity index (χ2n) is 6.62. The molecule has 0 aromatic heterocycles. The molecular formula is C16H35NO. The Morgan fingerprint density at radius 3 is 1.67 bits per heavy atom. The van der Waals surface area contributed by atoms with Crippen LogP contribution in [-0.2, 0) is 0 Å².